The number of halogens is 1. The van der Waals surface area contributed by atoms with Crippen LogP contribution in [0.3, 0.4) is 0 Å². The summed E-state index contributed by atoms with van der Waals surface area (Å²) in [6.07, 6.45) is 0. The van der Waals surface area contributed by atoms with Crippen molar-refractivity contribution in [3.05, 3.63) is 77.6 Å². The van der Waals surface area contributed by atoms with Crippen LogP contribution in [0.1, 0.15) is 24.1 Å². The van der Waals surface area contributed by atoms with Gasteiger partial charge in [-0.2, -0.15) is 5.26 Å². The van der Waals surface area contributed by atoms with Crippen LogP contribution in [-0.4, -0.2) is 11.6 Å². The topological polar surface area (TPSA) is 40.8 Å². The molecule has 1 N–H and O–H groups in total. The van der Waals surface area contributed by atoms with Gasteiger partial charge in [0.15, 0.2) is 0 Å². The molecule has 1 heterocycles. The average molecular weight is 343 g/mol. The summed E-state index contributed by atoms with van der Waals surface area (Å²) in [5.41, 5.74) is 3.73. The minimum absolute atomic E-state index is 0.0300. The van der Waals surface area contributed by atoms with Gasteiger partial charge in [0.1, 0.15) is 11.9 Å². The van der Waals surface area contributed by atoms with Gasteiger partial charge < -0.3 is 9.88 Å². The van der Waals surface area contributed by atoms with Gasteiger partial charge in [-0.25, -0.2) is 4.39 Å². The Hall–Kier alpha value is -3.16. The van der Waals surface area contributed by atoms with Gasteiger partial charge in [-0.3, -0.25) is 0 Å². The Labute approximate surface area is 151 Å². The standard InChI is InChI=1S/C22H18FN3/c1-14(25-2)18-11-15(13-24)19(23)12-22(18)26-20-9-5-3-7-16(20)17-8-4-6-10-21(17)26/h3-12,14,25H,1-2H3. The normalized spacial score (nSPS) is 12.4. The zero-order chi connectivity index (χ0) is 18.3. The lowest BCUT2D eigenvalue weighted by Crippen LogP contribution is -2.16. The summed E-state index contributed by atoms with van der Waals surface area (Å²) in [7, 11) is 1.86. The molecule has 0 spiro atoms. The molecule has 4 aromatic rings. The van der Waals surface area contributed by atoms with E-state index in [-0.39, 0.29) is 11.6 Å². The van der Waals surface area contributed by atoms with Crippen LogP contribution in [0.4, 0.5) is 4.39 Å². The van der Waals surface area contributed by atoms with Gasteiger partial charge in [-0.15, -0.1) is 0 Å². The summed E-state index contributed by atoms with van der Waals surface area (Å²) in [5, 5.41) is 14.7. The molecule has 1 atom stereocenters. The molecule has 0 aliphatic rings. The van der Waals surface area contributed by atoms with Crippen molar-refractivity contribution in [3.8, 4) is 11.8 Å². The Morgan fingerprint density at radius 3 is 2.12 bits per heavy atom. The first-order valence-electron chi connectivity index (χ1n) is 8.55. The molecular weight excluding hydrogens is 325 g/mol. The first-order valence-corrected chi connectivity index (χ1v) is 8.55. The molecule has 0 amide bonds. The predicted octanol–water partition coefficient (Wildman–Crippen LogP) is 5.07. The molecule has 4 heteroatoms. The fourth-order valence-corrected chi connectivity index (χ4v) is 3.54. The van der Waals surface area contributed by atoms with E-state index in [1.807, 2.05) is 56.4 Å². The van der Waals surface area contributed by atoms with Crippen molar-refractivity contribution >= 4 is 21.8 Å². The van der Waals surface area contributed by atoms with Crippen molar-refractivity contribution in [3.63, 3.8) is 0 Å². The van der Waals surface area contributed by atoms with Crippen LogP contribution in [0, 0.1) is 17.1 Å². The molecule has 1 unspecified atom stereocenters. The van der Waals surface area contributed by atoms with E-state index < -0.39 is 5.82 Å². The molecule has 0 aliphatic heterocycles. The van der Waals surface area contributed by atoms with Gasteiger partial charge >= 0.3 is 0 Å². The van der Waals surface area contributed by atoms with Crippen LogP contribution < -0.4 is 5.32 Å². The van der Waals surface area contributed by atoms with Gasteiger partial charge in [0.2, 0.25) is 0 Å². The third-order valence-corrected chi connectivity index (χ3v) is 4.96. The molecule has 0 saturated carbocycles. The van der Waals surface area contributed by atoms with E-state index in [1.54, 1.807) is 6.07 Å². The van der Waals surface area contributed by atoms with Crippen molar-refractivity contribution in [2.75, 3.05) is 7.05 Å². The number of nitrogens with zero attached hydrogens (tertiary/aromatic N) is 2. The van der Waals surface area contributed by atoms with Crippen molar-refractivity contribution in [2.24, 2.45) is 0 Å². The monoisotopic (exact) mass is 343 g/mol. The molecule has 0 aliphatic carbocycles. The molecule has 0 bridgehead atoms. The Morgan fingerprint density at radius 2 is 1.58 bits per heavy atom. The SMILES string of the molecule is CNC(C)c1cc(C#N)c(F)cc1-n1c2ccccc2c2ccccc21. The fraction of sp³-hybridized carbons (Fsp3) is 0.136. The van der Waals surface area contributed by atoms with Crippen LogP contribution >= 0.6 is 0 Å². The molecular formula is C22H18FN3. The minimum Gasteiger partial charge on any atom is -0.313 e. The number of aromatic nitrogens is 1. The van der Waals surface area contributed by atoms with Gasteiger partial charge in [0.05, 0.1) is 22.3 Å². The summed E-state index contributed by atoms with van der Waals surface area (Å²) < 4.78 is 16.6. The molecule has 26 heavy (non-hydrogen) atoms. The highest BCUT2D eigenvalue weighted by Crippen LogP contribution is 2.35. The van der Waals surface area contributed by atoms with Crippen molar-refractivity contribution in [2.45, 2.75) is 13.0 Å². The maximum atomic E-state index is 14.5. The van der Waals surface area contributed by atoms with Gasteiger partial charge in [-0.05, 0) is 43.8 Å². The molecule has 4 rings (SSSR count). The van der Waals surface area contributed by atoms with Crippen molar-refractivity contribution in [1.29, 1.82) is 5.26 Å². The molecule has 0 radical (unpaired) electrons. The zero-order valence-corrected chi connectivity index (χ0v) is 14.6. The number of nitriles is 1. The number of fused-ring (bicyclic) bond motifs is 3. The molecule has 1 aromatic heterocycles. The molecule has 0 fully saturated rings. The predicted molar refractivity (Wildman–Crippen MR) is 103 cm³/mol. The number of hydrogen-bond acceptors (Lipinski definition) is 2. The number of nitrogens with one attached hydrogen (secondary N) is 1. The maximum absolute atomic E-state index is 14.5. The quantitative estimate of drug-likeness (QED) is 0.564. The van der Waals surface area contributed by atoms with Crippen LogP contribution in [0.2, 0.25) is 0 Å². The largest absolute Gasteiger partial charge is 0.313 e. The molecule has 3 nitrogen and oxygen atoms in total. The van der Waals surface area contributed by atoms with Gasteiger partial charge in [-0.1, -0.05) is 36.4 Å². The number of para-hydroxylation sites is 2. The highest BCUT2D eigenvalue weighted by atomic mass is 19.1. The van der Waals surface area contributed by atoms with Gasteiger partial charge in [0.25, 0.3) is 0 Å². The zero-order valence-electron chi connectivity index (χ0n) is 14.6. The third-order valence-electron chi connectivity index (χ3n) is 4.96. The second-order valence-electron chi connectivity index (χ2n) is 6.38. The summed E-state index contributed by atoms with van der Waals surface area (Å²) in [6, 6.07) is 21.3. The van der Waals surface area contributed by atoms with Crippen molar-refractivity contribution < 1.29 is 4.39 Å². The summed E-state index contributed by atoms with van der Waals surface area (Å²) in [6.45, 7) is 2.01. The first kappa shape index (κ1) is 16.3. The molecule has 3 aromatic carbocycles. The highest BCUT2D eigenvalue weighted by molar-refractivity contribution is 6.09. The van der Waals surface area contributed by atoms with E-state index in [0.29, 0.717) is 0 Å². The lowest BCUT2D eigenvalue weighted by atomic mass is 10.0. The Balaban J connectivity index is 2.16. The highest BCUT2D eigenvalue weighted by Gasteiger charge is 2.19. The average Bonchev–Trinajstić information content (AvgIpc) is 3.01. The number of rotatable bonds is 3. The Kier molecular flexibility index (Phi) is 3.95. The van der Waals surface area contributed by atoms with Crippen LogP contribution in [0.5, 0.6) is 0 Å². The van der Waals surface area contributed by atoms with E-state index in [4.69, 9.17) is 0 Å². The van der Waals surface area contributed by atoms with Crippen LogP contribution in [-0.2, 0) is 0 Å². The minimum atomic E-state index is -0.503. The van der Waals surface area contributed by atoms with Crippen LogP contribution in [0.25, 0.3) is 27.5 Å². The van der Waals surface area contributed by atoms with Crippen LogP contribution in [0.15, 0.2) is 60.7 Å². The first-order chi connectivity index (χ1) is 12.7. The molecule has 0 saturated heterocycles. The van der Waals surface area contributed by atoms with E-state index in [9.17, 15) is 9.65 Å². The third kappa shape index (κ3) is 2.37. The second-order valence-corrected chi connectivity index (χ2v) is 6.38. The van der Waals surface area contributed by atoms with E-state index >= 15 is 0 Å². The Morgan fingerprint density at radius 1 is 1.00 bits per heavy atom. The number of benzene rings is 3. The smallest absolute Gasteiger partial charge is 0.143 e. The van der Waals surface area contributed by atoms with E-state index in [0.717, 1.165) is 33.1 Å². The summed E-state index contributed by atoms with van der Waals surface area (Å²) in [5.74, 6) is -0.503. The van der Waals surface area contributed by atoms with E-state index in [2.05, 4.69) is 22.0 Å². The molecule has 128 valence electrons. The van der Waals surface area contributed by atoms with E-state index in [1.165, 1.54) is 6.07 Å². The number of hydrogen-bond donors (Lipinski definition) is 1. The lowest BCUT2D eigenvalue weighted by Gasteiger charge is -2.19. The summed E-state index contributed by atoms with van der Waals surface area (Å²) >= 11 is 0. The second kappa shape index (κ2) is 6.29. The fourth-order valence-electron chi connectivity index (χ4n) is 3.54. The summed E-state index contributed by atoms with van der Waals surface area (Å²) in [4.78, 5) is 0. The lowest BCUT2D eigenvalue weighted by molar-refractivity contribution is 0.613. The maximum Gasteiger partial charge on any atom is 0.143 e. The van der Waals surface area contributed by atoms with Crippen molar-refractivity contribution in [1.82, 2.24) is 9.88 Å². The Bertz CT molecular complexity index is 1110. The van der Waals surface area contributed by atoms with Gasteiger partial charge in [0, 0.05) is 16.8 Å².